The zero-order chi connectivity index (χ0) is 30.4. The standard InChI is InChI=1S/C31H25F4N3O3S/c1-3-7-20(28(36)39)14-18(2)17-41-26-9-6-4-5-8-23(26)31-38(30(40)27-24(34)15-22(33)16-25(27)35)37-29(42-31)19-10-12-21(32)13-11-19/h3-5,7-16,31H,1,6,17H2,2H3,(H2,36,39)/b18-14+,20-7+. The minimum absolute atomic E-state index is 0.0309. The molecule has 42 heavy (non-hydrogen) atoms. The zero-order valence-corrected chi connectivity index (χ0v) is 23.1. The molecule has 0 bridgehead atoms. The first-order chi connectivity index (χ1) is 20.1. The SMILES string of the molecule is C=C/C=C(\C=C(/C)COC1=CCC=CC=C1C1SC(c2ccc(F)cc2)=NN1C(=O)c1c(F)cc(F)cc1F)C(N)=O. The molecule has 0 saturated heterocycles. The van der Waals surface area contributed by atoms with Crippen LogP contribution in [0, 0.1) is 23.3 Å². The van der Waals surface area contributed by atoms with E-state index in [0.29, 0.717) is 41.0 Å². The van der Waals surface area contributed by atoms with Gasteiger partial charge in [0.25, 0.3) is 5.91 Å². The van der Waals surface area contributed by atoms with Gasteiger partial charge in [0.2, 0.25) is 5.91 Å². The molecule has 1 aliphatic carbocycles. The quantitative estimate of drug-likeness (QED) is 0.205. The first-order valence-corrected chi connectivity index (χ1v) is 13.5. The van der Waals surface area contributed by atoms with Crippen molar-refractivity contribution in [2.45, 2.75) is 18.7 Å². The van der Waals surface area contributed by atoms with E-state index in [9.17, 15) is 27.2 Å². The Kier molecular flexibility index (Phi) is 9.64. The van der Waals surface area contributed by atoms with E-state index >= 15 is 0 Å². The smallest absolute Gasteiger partial charge is 0.281 e. The molecule has 1 unspecified atom stereocenters. The monoisotopic (exact) mass is 595 g/mol. The van der Waals surface area contributed by atoms with Crippen molar-refractivity contribution in [2.75, 3.05) is 6.61 Å². The van der Waals surface area contributed by atoms with Gasteiger partial charge in [-0.05, 0) is 55.3 Å². The van der Waals surface area contributed by atoms with Crippen molar-refractivity contribution in [1.82, 2.24) is 5.01 Å². The number of hydrogen-bond acceptors (Lipinski definition) is 5. The van der Waals surface area contributed by atoms with Gasteiger partial charge in [-0.1, -0.05) is 48.7 Å². The average molecular weight is 596 g/mol. The highest BCUT2D eigenvalue weighted by Gasteiger charge is 2.39. The molecule has 2 aliphatic rings. The van der Waals surface area contributed by atoms with Gasteiger partial charge in [0, 0.05) is 28.8 Å². The lowest BCUT2D eigenvalue weighted by Crippen LogP contribution is -2.34. The molecule has 1 heterocycles. The number of hydrazone groups is 1. The third kappa shape index (κ3) is 6.98. The number of ether oxygens (including phenoxy) is 1. The summed E-state index contributed by atoms with van der Waals surface area (Å²) in [5.41, 5.74) is 6.20. The molecule has 1 aliphatic heterocycles. The number of halogens is 4. The summed E-state index contributed by atoms with van der Waals surface area (Å²) in [6.07, 6.45) is 11.9. The van der Waals surface area contributed by atoms with Crippen molar-refractivity contribution in [2.24, 2.45) is 10.8 Å². The fourth-order valence-corrected chi connectivity index (χ4v) is 5.24. The molecule has 0 saturated carbocycles. The van der Waals surface area contributed by atoms with Gasteiger partial charge >= 0.3 is 0 Å². The van der Waals surface area contributed by atoms with E-state index in [1.165, 1.54) is 36.4 Å². The van der Waals surface area contributed by atoms with Crippen LogP contribution in [-0.2, 0) is 9.53 Å². The minimum Gasteiger partial charge on any atom is -0.489 e. The van der Waals surface area contributed by atoms with Crippen molar-refractivity contribution in [3.63, 3.8) is 0 Å². The molecular formula is C31H25F4N3O3S. The normalized spacial score (nSPS) is 17.3. The van der Waals surface area contributed by atoms with Crippen molar-refractivity contribution in [3.8, 4) is 0 Å². The third-order valence-electron chi connectivity index (χ3n) is 6.00. The number of carbonyl (C=O) groups is 2. The Bertz CT molecular complexity index is 1580. The van der Waals surface area contributed by atoms with E-state index in [2.05, 4.69) is 11.7 Å². The molecule has 11 heteroatoms. The van der Waals surface area contributed by atoms with E-state index in [1.54, 1.807) is 31.2 Å². The Balaban J connectivity index is 1.71. The van der Waals surface area contributed by atoms with Crippen molar-refractivity contribution in [1.29, 1.82) is 0 Å². The van der Waals surface area contributed by atoms with Crippen molar-refractivity contribution >= 4 is 28.6 Å². The van der Waals surface area contributed by atoms with Crippen LogP contribution in [0.1, 0.15) is 29.3 Å². The Morgan fingerprint density at radius 1 is 1.14 bits per heavy atom. The van der Waals surface area contributed by atoms with E-state index in [-0.39, 0.29) is 17.2 Å². The number of rotatable bonds is 9. The maximum Gasteiger partial charge on any atom is 0.281 e. The number of carbonyl (C=O) groups excluding carboxylic acids is 2. The highest BCUT2D eigenvalue weighted by Crippen LogP contribution is 2.39. The van der Waals surface area contributed by atoms with Crippen LogP contribution in [0.15, 0.2) is 113 Å². The van der Waals surface area contributed by atoms with E-state index in [1.807, 2.05) is 6.08 Å². The molecule has 0 radical (unpaired) electrons. The second-order valence-electron chi connectivity index (χ2n) is 9.13. The molecule has 216 valence electrons. The Morgan fingerprint density at radius 2 is 1.83 bits per heavy atom. The zero-order valence-electron chi connectivity index (χ0n) is 22.3. The highest BCUT2D eigenvalue weighted by atomic mass is 32.2. The summed E-state index contributed by atoms with van der Waals surface area (Å²) in [6, 6.07) is 6.18. The fraction of sp³-hybridized carbons (Fsp3) is 0.129. The summed E-state index contributed by atoms with van der Waals surface area (Å²) in [6.45, 7) is 5.33. The first kappa shape index (κ1) is 30.3. The first-order valence-electron chi connectivity index (χ1n) is 12.6. The Labute approximate surface area is 243 Å². The van der Waals surface area contributed by atoms with Gasteiger partial charge in [-0.2, -0.15) is 5.10 Å². The fourth-order valence-electron chi connectivity index (χ4n) is 4.05. The summed E-state index contributed by atoms with van der Waals surface area (Å²) in [7, 11) is 0. The van der Waals surface area contributed by atoms with Gasteiger partial charge in [0.05, 0.1) is 0 Å². The van der Waals surface area contributed by atoms with Gasteiger partial charge in [-0.3, -0.25) is 9.59 Å². The topological polar surface area (TPSA) is 85.0 Å². The summed E-state index contributed by atoms with van der Waals surface area (Å²) in [5.74, 6) is -5.86. The lowest BCUT2D eigenvalue weighted by Gasteiger charge is -2.25. The molecule has 0 aromatic heterocycles. The lowest BCUT2D eigenvalue weighted by atomic mass is 10.1. The molecular weight excluding hydrogens is 570 g/mol. The number of thioether (sulfide) groups is 1. The van der Waals surface area contributed by atoms with E-state index in [4.69, 9.17) is 10.5 Å². The maximum absolute atomic E-state index is 14.7. The summed E-state index contributed by atoms with van der Waals surface area (Å²) >= 11 is 1.09. The van der Waals surface area contributed by atoms with Crippen LogP contribution in [0.5, 0.6) is 0 Å². The van der Waals surface area contributed by atoms with Crippen LogP contribution < -0.4 is 5.73 Å². The number of nitrogens with zero attached hydrogens (tertiary/aromatic N) is 2. The van der Waals surface area contributed by atoms with E-state index < -0.39 is 46.0 Å². The Hall–Kier alpha value is -4.64. The maximum atomic E-state index is 14.7. The van der Waals surface area contributed by atoms with Gasteiger partial charge in [0.1, 0.15) is 51.6 Å². The molecule has 0 fully saturated rings. The summed E-state index contributed by atoms with van der Waals surface area (Å²) in [5, 5.41) is 4.55. The number of hydrogen-bond donors (Lipinski definition) is 1. The molecule has 4 rings (SSSR count). The van der Waals surface area contributed by atoms with Crippen LogP contribution in [0.3, 0.4) is 0 Å². The van der Waals surface area contributed by atoms with Crippen LogP contribution in [0.2, 0.25) is 0 Å². The van der Waals surface area contributed by atoms with Crippen LogP contribution >= 0.6 is 11.8 Å². The van der Waals surface area contributed by atoms with Gasteiger partial charge in [-0.15, -0.1) is 0 Å². The predicted octanol–water partition coefficient (Wildman–Crippen LogP) is 6.45. The van der Waals surface area contributed by atoms with Crippen molar-refractivity contribution in [3.05, 3.63) is 142 Å². The number of benzene rings is 2. The van der Waals surface area contributed by atoms with E-state index in [0.717, 1.165) is 16.8 Å². The molecule has 2 aromatic carbocycles. The predicted molar refractivity (Wildman–Crippen MR) is 154 cm³/mol. The highest BCUT2D eigenvalue weighted by molar-refractivity contribution is 8.15. The second-order valence-corrected chi connectivity index (χ2v) is 10.2. The average Bonchev–Trinajstić information content (AvgIpc) is 3.24. The molecule has 0 spiro atoms. The lowest BCUT2D eigenvalue weighted by molar-refractivity contribution is -0.114. The van der Waals surface area contributed by atoms with Crippen molar-refractivity contribution < 1.29 is 31.9 Å². The van der Waals surface area contributed by atoms with Crippen LogP contribution in [-0.4, -0.2) is 33.8 Å². The summed E-state index contributed by atoms with van der Waals surface area (Å²) in [4.78, 5) is 25.3. The van der Waals surface area contributed by atoms with Crippen LogP contribution in [0.25, 0.3) is 0 Å². The largest absolute Gasteiger partial charge is 0.489 e. The molecule has 6 nitrogen and oxygen atoms in total. The number of nitrogens with two attached hydrogens (primary N) is 1. The van der Waals surface area contributed by atoms with Gasteiger partial charge in [0.15, 0.2) is 0 Å². The molecule has 2 aromatic rings. The third-order valence-corrected chi connectivity index (χ3v) is 7.22. The van der Waals surface area contributed by atoms with Gasteiger partial charge < -0.3 is 10.5 Å². The number of amides is 2. The number of primary amides is 1. The van der Waals surface area contributed by atoms with Gasteiger partial charge in [-0.25, -0.2) is 22.6 Å². The van der Waals surface area contributed by atoms with Crippen LogP contribution in [0.4, 0.5) is 17.6 Å². The molecule has 1 atom stereocenters. The minimum atomic E-state index is -1.38. The second kappa shape index (κ2) is 13.3. The molecule has 2 N–H and O–H groups in total. The Morgan fingerprint density at radius 3 is 2.48 bits per heavy atom. The number of allylic oxidation sites excluding steroid dienone is 6. The summed E-state index contributed by atoms with van der Waals surface area (Å²) < 4.78 is 62.6. The molecule has 2 amide bonds.